The van der Waals surface area contributed by atoms with Crippen molar-refractivity contribution in [3.05, 3.63) is 50.5 Å². The molecule has 144 valence electrons. The van der Waals surface area contributed by atoms with E-state index in [1.165, 1.54) is 31.2 Å². The second-order valence-corrected chi connectivity index (χ2v) is 6.02. The summed E-state index contributed by atoms with van der Waals surface area (Å²) < 4.78 is 43.7. The molecule has 1 aromatic heterocycles. The van der Waals surface area contributed by atoms with Crippen LogP contribution in [-0.4, -0.2) is 28.4 Å². The lowest BCUT2D eigenvalue weighted by Crippen LogP contribution is -2.16. The fourth-order valence-corrected chi connectivity index (χ4v) is 2.97. The normalized spacial score (nSPS) is 11.1. The summed E-state index contributed by atoms with van der Waals surface area (Å²) in [5, 5.41) is 12.6. The maximum Gasteiger partial charge on any atom is 0.435 e. The molecule has 0 saturated carbocycles. The molecule has 0 saturated heterocycles. The fraction of sp³-hybridized carbons (Fsp3) is 0.267. The number of para-hydroxylation sites is 1. The monoisotopic (exact) mass is 403 g/mol. The minimum absolute atomic E-state index is 0.0817. The van der Waals surface area contributed by atoms with Crippen molar-refractivity contribution in [2.24, 2.45) is 0 Å². The lowest BCUT2D eigenvalue weighted by atomic mass is 10.1. The van der Waals surface area contributed by atoms with Gasteiger partial charge in [-0.25, -0.2) is 9.78 Å². The summed E-state index contributed by atoms with van der Waals surface area (Å²) in [7, 11) is 0. The van der Waals surface area contributed by atoms with Gasteiger partial charge in [0.15, 0.2) is 10.8 Å². The van der Waals surface area contributed by atoms with Crippen molar-refractivity contribution in [1.29, 1.82) is 0 Å². The van der Waals surface area contributed by atoms with Crippen LogP contribution in [0.2, 0.25) is 0 Å². The molecule has 2 aromatic rings. The van der Waals surface area contributed by atoms with E-state index >= 15 is 0 Å². The number of rotatable bonds is 6. The van der Waals surface area contributed by atoms with Crippen LogP contribution in [0.1, 0.15) is 27.9 Å². The van der Waals surface area contributed by atoms with Crippen molar-refractivity contribution in [3.63, 3.8) is 0 Å². The highest BCUT2D eigenvalue weighted by Gasteiger charge is 2.40. The topological polar surface area (TPSA) is 111 Å². The van der Waals surface area contributed by atoms with E-state index < -0.39 is 45.1 Å². The lowest BCUT2D eigenvalue weighted by molar-refractivity contribution is -0.385. The van der Waals surface area contributed by atoms with Gasteiger partial charge in [0.05, 0.1) is 18.0 Å². The highest BCUT2D eigenvalue weighted by Crippen LogP contribution is 2.36. The molecule has 0 spiro atoms. The number of aromatic nitrogens is 1. The zero-order valence-corrected chi connectivity index (χ0v) is 14.5. The largest absolute Gasteiger partial charge is 0.462 e. The van der Waals surface area contributed by atoms with Gasteiger partial charge >= 0.3 is 12.1 Å². The Bertz CT molecular complexity index is 882. The Morgan fingerprint density at radius 2 is 2.00 bits per heavy atom. The van der Waals surface area contributed by atoms with Gasteiger partial charge in [0.2, 0.25) is 5.91 Å². The van der Waals surface area contributed by atoms with Gasteiger partial charge < -0.3 is 10.1 Å². The first-order chi connectivity index (χ1) is 12.6. The molecule has 0 aliphatic carbocycles. The minimum Gasteiger partial charge on any atom is -0.462 e. The van der Waals surface area contributed by atoms with Crippen molar-refractivity contribution < 1.29 is 32.4 Å². The predicted molar refractivity (Wildman–Crippen MR) is 88.5 cm³/mol. The van der Waals surface area contributed by atoms with Gasteiger partial charge in [-0.1, -0.05) is 29.5 Å². The van der Waals surface area contributed by atoms with Crippen LogP contribution in [0, 0.1) is 10.1 Å². The third kappa shape index (κ3) is 5.00. The van der Waals surface area contributed by atoms with E-state index in [1.807, 2.05) is 0 Å². The van der Waals surface area contributed by atoms with Gasteiger partial charge in [-0.05, 0) is 6.92 Å². The molecule has 0 fully saturated rings. The number of thiazole rings is 1. The van der Waals surface area contributed by atoms with E-state index in [4.69, 9.17) is 0 Å². The summed E-state index contributed by atoms with van der Waals surface area (Å²) in [6, 6.07) is 5.46. The van der Waals surface area contributed by atoms with E-state index in [1.54, 1.807) is 0 Å². The van der Waals surface area contributed by atoms with Gasteiger partial charge in [0, 0.05) is 11.6 Å². The molecule has 0 aliphatic rings. The summed E-state index contributed by atoms with van der Waals surface area (Å²) in [5.74, 6) is -2.02. The highest BCUT2D eigenvalue weighted by atomic mass is 32.1. The Kier molecular flexibility index (Phi) is 6.10. The molecular formula is C15H12F3N3O5S. The molecule has 0 atom stereocenters. The van der Waals surface area contributed by atoms with Crippen molar-refractivity contribution >= 4 is 34.0 Å². The predicted octanol–water partition coefficient (Wildman–Crippen LogP) is 3.43. The smallest absolute Gasteiger partial charge is 0.435 e. The SMILES string of the molecule is CCOC(=O)c1sc(NC(=O)Cc2ccccc2[N+](=O)[O-])nc1C(F)(F)F. The number of anilines is 1. The van der Waals surface area contributed by atoms with Crippen LogP contribution in [0.3, 0.4) is 0 Å². The average Bonchev–Trinajstić information content (AvgIpc) is 2.99. The number of halogens is 3. The molecule has 0 radical (unpaired) electrons. The van der Waals surface area contributed by atoms with E-state index in [0.29, 0.717) is 11.3 Å². The number of nitrogens with zero attached hydrogens (tertiary/aromatic N) is 2. The van der Waals surface area contributed by atoms with E-state index in [9.17, 15) is 32.9 Å². The molecule has 1 amide bonds. The maximum absolute atomic E-state index is 13.0. The summed E-state index contributed by atoms with van der Waals surface area (Å²) in [4.78, 5) is 36.5. The van der Waals surface area contributed by atoms with Crippen molar-refractivity contribution in [3.8, 4) is 0 Å². The second kappa shape index (κ2) is 8.12. The molecule has 8 nitrogen and oxygen atoms in total. The van der Waals surface area contributed by atoms with Crippen molar-refractivity contribution in [2.75, 3.05) is 11.9 Å². The van der Waals surface area contributed by atoms with E-state index in [-0.39, 0.29) is 17.9 Å². The van der Waals surface area contributed by atoms with Crippen LogP contribution in [0.4, 0.5) is 24.0 Å². The standard InChI is InChI=1S/C15H12F3N3O5S/c1-2-26-13(23)11-12(15(16,17)18)20-14(27-11)19-10(22)7-8-5-3-4-6-9(8)21(24)25/h3-6H,2,7H2,1H3,(H,19,20,22). The number of carbonyl (C=O) groups is 2. The van der Waals surface area contributed by atoms with Gasteiger partial charge in [-0.2, -0.15) is 13.2 Å². The summed E-state index contributed by atoms with van der Waals surface area (Å²) in [6.45, 7) is 1.30. The van der Waals surface area contributed by atoms with Gasteiger partial charge in [-0.3, -0.25) is 14.9 Å². The quantitative estimate of drug-likeness (QED) is 0.449. The van der Waals surface area contributed by atoms with E-state index in [0.717, 1.165) is 0 Å². The number of esters is 1. The first kappa shape index (κ1) is 20.3. The number of ether oxygens (including phenoxy) is 1. The Morgan fingerprint density at radius 1 is 1.33 bits per heavy atom. The van der Waals surface area contributed by atoms with Crippen LogP contribution in [0.15, 0.2) is 24.3 Å². The van der Waals surface area contributed by atoms with Crippen LogP contribution in [-0.2, 0) is 22.1 Å². The molecule has 1 aromatic carbocycles. The molecule has 27 heavy (non-hydrogen) atoms. The summed E-state index contributed by atoms with van der Waals surface area (Å²) in [5.41, 5.74) is -1.68. The number of alkyl halides is 3. The molecule has 1 heterocycles. The molecule has 0 unspecified atom stereocenters. The Labute approximate surface area is 154 Å². The van der Waals surface area contributed by atoms with Crippen molar-refractivity contribution in [2.45, 2.75) is 19.5 Å². The van der Waals surface area contributed by atoms with Crippen LogP contribution in [0.5, 0.6) is 0 Å². The average molecular weight is 403 g/mol. The number of amides is 1. The number of nitro groups is 1. The molecule has 1 N–H and O–H groups in total. The zero-order chi connectivity index (χ0) is 20.2. The van der Waals surface area contributed by atoms with Crippen LogP contribution in [0.25, 0.3) is 0 Å². The lowest BCUT2D eigenvalue weighted by Gasteiger charge is -2.05. The number of nitrogens with one attached hydrogen (secondary N) is 1. The number of benzene rings is 1. The molecule has 0 bridgehead atoms. The molecule has 0 aliphatic heterocycles. The Morgan fingerprint density at radius 3 is 2.59 bits per heavy atom. The fourth-order valence-electron chi connectivity index (χ4n) is 2.08. The molecule has 12 heteroatoms. The number of hydrogen-bond acceptors (Lipinski definition) is 7. The number of hydrogen-bond donors (Lipinski definition) is 1. The number of nitro benzene ring substituents is 1. The first-order valence-corrected chi connectivity index (χ1v) is 8.22. The third-order valence-corrected chi connectivity index (χ3v) is 4.09. The summed E-state index contributed by atoms with van der Waals surface area (Å²) >= 11 is 0.312. The van der Waals surface area contributed by atoms with Crippen LogP contribution >= 0.6 is 11.3 Å². The third-order valence-electron chi connectivity index (χ3n) is 3.14. The highest BCUT2D eigenvalue weighted by molar-refractivity contribution is 7.17. The Hall–Kier alpha value is -3.02. The second-order valence-electron chi connectivity index (χ2n) is 5.03. The Balaban J connectivity index is 2.23. The minimum atomic E-state index is -4.92. The van der Waals surface area contributed by atoms with Gasteiger partial charge in [0.1, 0.15) is 4.88 Å². The maximum atomic E-state index is 13.0. The van der Waals surface area contributed by atoms with Gasteiger partial charge in [-0.15, -0.1) is 0 Å². The summed E-state index contributed by atoms with van der Waals surface area (Å²) in [6.07, 6.45) is -5.37. The van der Waals surface area contributed by atoms with Crippen LogP contribution < -0.4 is 5.32 Å². The van der Waals surface area contributed by atoms with Crippen molar-refractivity contribution in [1.82, 2.24) is 4.98 Å². The molecular weight excluding hydrogens is 391 g/mol. The first-order valence-electron chi connectivity index (χ1n) is 7.40. The van der Waals surface area contributed by atoms with E-state index in [2.05, 4.69) is 15.0 Å². The van der Waals surface area contributed by atoms with Gasteiger partial charge in [0.25, 0.3) is 5.69 Å². The zero-order valence-electron chi connectivity index (χ0n) is 13.7. The molecule has 2 rings (SSSR count). The number of carbonyl (C=O) groups excluding carboxylic acids is 2.